The predicted octanol–water partition coefficient (Wildman–Crippen LogP) is 3.46. The van der Waals surface area contributed by atoms with Crippen molar-refractivity contribution in [3.05, 3.63) is 24.4 Å². The first-order chi connectivity index (χ1) is 7.34. The van der Waals surface area contributed by atoms with Crippen molar-refractivity contribution < 1.29 is 0 Å². The van der Waals surface area contributed by atoms with E-state index in [-0.39, 0.29) is 0 Å². The second kappa shape index (κ2) is 5.15. The third-order valence-corrected chi connectivity index (χ3v) is 3.22. The third-order valence-electron chi connectivity index (χ3n) is 3.22. The van der Waals surface area contributed by atoms with E-state index in [1.807, 2.05) is 24.4 Å². The van der Waals surface area contributed by atoms with E-state index in [0.29, 0.717) is 6.04 Å². The maximum absolute atomic E-state index is 4.28. The molecule has 1 atom stereocenters. The summed E-state index contributed by atoms with van der Waals surface area (Å²) in [6.07, 6.45) is 8.84. The highest BCUT2D eigenvalue weighted by Gasteiger charge is 2.17. The molecule has 82 valence electrons. The van der Waals surface area contributed by atoms with Crippen molar-refractivity contribution in [2.75, 3.05) is 5.32 Å². The smallest absolute Gasteiger partial charge is 0.126 e. The Labute approximate surface area is 92.1 Å². The van der Waals surface area contributed by atoms with Crippen LogP contribution in [0.2, 0.25) is 0 Å². The van der Waals surface area contributed by atoms with Crippen LogP contribution in [-0.2, 0) is 0 Å². The number of nitrogens with one attached hydrogen (secondary N) is 1. The molecule has 0 amide bonds. The molecule has 0 spiro atoms. The van der Waals surface area contributed by atoms with Crippen LogP contribution in [0.25, 0.3) is 0 Å². The Bertz CT molecular complexity index is 278. The van der Waals surface area contributed by atoms with Gasteiger partial charge in [0.05, 0.1) is 0 Å². The molecule has 15 heavy (non-hydrogen) atoms. The summed E-state index contributed by atoms with van der Waals surface area (Å²) in [7, 11) is 0. The highest BCUT2D eigenvalue weighted by atomic mass is 15.0. The van der Waals surface area contributed by atoms with E-state index in [0.717, 1.165) is 11.7 Å². The molecule has 0 radical (unpaired) electrons. The van der Waals surface area contributed by atoms with Gasteiger partial charge in [0.2, 0.25) is 0 Å². The molecule has 1 aliphatic carbocycles. The molecule has 1 heterocycles. The molecule has 1 aliphatic rings. The average Bonchev–Trinajstić information content (AvgIpc) is 2.71. The van der Waals surface area contributed by atoms with Crippen LogP contribution in [0.1, 0.15) is 39.0 Å². The summed E-state index contributed by atoms with van der Waals surface area (Å²) >= 11 is 0. The van der Waals surface area contributed by atoms with E-state index in [1.54, 1.807) is 0 Å². The van der Waals surface area contributed by atoms with Crippen molar-refractivity contribution in [1.82, 2.24) is 4.98 Å². The molecular formula is C13H20N2. The fourth-order valence-electron chi connectivity index (χ4n) is 2.51. The summed E-state index contributed by atoms with van der Waals surface area (Å²) in [4.78, 5) is 4.28. The fourth-order valence-corrected chi connectivity index (χ4v) is 2.51. The SMILES string of the molecule is CC(CC1CCCC1)Nc1ccccn1. The van der Waals surface area contributed by atoms with Gasteiger partial charge in [-0.05, 0) is 31.4 Å². The first-order valence-electron chi connectivity index (χ1n) is 6.02. The van der Waals surface area contributed by atoms with Crippen molar-refractivity contribution in [3.63, 3.8) is 0 Å². The molecule has 1 aromatic rings. The van der Waals surface area contributed by atoms with Gasteiger partial charge in [0.25, 0.3) is 0 Å². The minimum absolute atomic E-state index is 0.544. The normalized spacial score (nSPS) is 19.0. The van der Waals surface area contributed by atoms with E-state index in [2.05, 4.69) is 17.2 Å². The van der Waals surface area contributed by atoms with Crippen molar-refractivity contribution in [2.24, 2.45) is 5.92 Å². The third kappa shape index (κ3) is 3.22. The Morgan fingerprint density at radius 2 is 2.20 bits per heavy atom. The highest BCUT2D eigenvalue weighted by molar-refractivity contribution is 5.34. The van der Waals surface area contributed by atoms with E-state index < -0.39 is 0 Å². The number of anilines is 1. The lowest BCUT2D eigenvalue weighted by molar-refractivity contribution is 0.472. The van der Waals surface area contributed by atoms with Crippen LogP contribution in [-0.4, -0.2) is 11.0 Å². The summed E-state index contributed by atoms with van der Waals surface area (Å²) in [5.74, 6) is 1.94. The molecule has 1 unspecified atom stereocenters. The van der Waals surface area contributed by atoms with Crippen molar-refractivity contribution in [2.45, 2.75) is 45.1 Å². The predicted molar refractivity (Wildman–Crippen MR) is 63.9 cm³/mol. The second-order valence-corrected chi connectivity index (χ2v) is 4.65. The van der Waals surface area contributed by atoms with Crippen LogP contribution in [0.4, 0.5) is 5.82 Å². The van der Waals surface area contributed by atoms with E-state index >= 15 is 0 Å². The molecule has 1 aromatic heterocycles. The van der Waals surface area contributed by atoms with Gasteiger partial charge < -0.3 is 5.32 Å². The molecular weight excluding hydrogens is 184 g/mol. The summed E-state index contributed by atoms with van der Waals surface area (Å²) < 4.78 is 0. The Morgan fingerprint density at radius 1 is 1.40 bits per heavy atom. The fraction of sp³-hybridized carbons (Fsp3) is 0.615. The monoisotopic (exact) mass is 204 g/mol. The second-order valence-electron chi connectivity index (χ2n) is 4.65. The van der Waals surface area contributed by atoms with E-state index in [4.69, 9.17) is 0 Å². The number of nitrogens with zero attached hydrogens (tertiary/aromatic N) is 1. The minimum atomic E-state index is 0.544. The molecule has 1 N–H and O–H groups in total. The standard InChI is InChI=1S/C13H20N2/c1-11(10-12-6-2-3-7-12)15-13-8-4-5-9-14-13/h4-5,8-9,11-12H,2-3,6-7,10H2,1H3,(H,14,15). The van der Waals surface area contributed by atoms with Crippen LogP contribution in [0.15, 0.2) is 24.4 Å². The number of aromatic nitrogens is 1. The van der Waals surface area contributed by atoms with Crippen LogP contribution < -0.4 is 5.32 Å². The lowest BCUT2D eigenvalue weighted by atomic mass is 9.99. The lowest BCUT2D eigenvalue weighted by Crippen LogP contribution is -2.19. The highest BCUT2D eigenvalue weighted by Crippen LogP contribution is 2.29. The van der Waals surface area contributed by atoms with Crippen molar-refractivity contribution in [3.8, 4) is 0 Å². The van der Waals surface area contributed by atoms with Gasteiger partial charge in [-0.15, -0.1) is 0 Å². The van der Waals surface area contributed by atoms with Crippen molar-refractivity contribution >= 4 is 5.82 Å². The number of hydrogen-bond acceptors (Lipinski definition) is 2. The first kappa shape index (κ1) is 10.5. The van der Waals surface area contributed by atoms with Crippen LogP contribution >= 0.6 is 0 Å². The summed E-state index contributed by atoms with van der Waals surface area (Å²) in [5.41, 5.74) is 0. The molecule has 0 aliphatic heterocycles. The van der Waals surface area contributed by atoms with Crippen LogP contribution in [0, 0.1) is 5.92 Å². The lowest BCUT2D eigenvalue weighted by Gasteiger charge is -2.18. The van der Waals surface area contributed by atoms with Gasteiger partial charge in [-0.1, -0.05) is 31.7 Å². The Hall–Kier alpha value is -1.05. The molecule has 0 aromatic carbocycles. The summed E-state index contributed by atoms with van der Waals surface area (Å²) in [6, 6.07) is 6.55. The van der Waals surface area contributed by atoms with E-state index in [9.17, 15) is 0 Å². The van der Waals surface area contributed by atoms with Gasteiger partial charge in [0, 0.05) is 12.2 Å². The molecule has 2 nitrogen and oxygen atoms in total. The molecule has 2 rings (SSSR count). The summed E-state index contributed by atoms with van der Waals surface area (Å²) in [6.45, 7) is 2.26. The zero-order chi connectivity index (χ0) is 10.5. The Morgan fingerprint density at radius 3 is 2.87 bits per heavy atom. The molecule has 0 bridgehead atoms. The van der Waals surface area contributed by atoms with Crippen molar-refractivity contribution in [1.29, 1.82) is 0 Å². The van der Waals surface area contributed by atoms with Gasteiger partial charge in [-0.25, -0.2) is 4.98 Å². The zero-order valence-corrected chi connectivity index (χ0v) is 9.45. The Kier molecular flexibility index (Phi) is 3.59. The molecule has 0 saturated heterocycles. The topological polar surface area (TPSA) is 24.9 Å². The van der Waals surface area contributed by atoms with Gasteiger partial charge in [0.1, 0.15) is 5.82 Å². The largest absolute Gasteiger partial charge is 0.368 e. The number of pyridine rings is 1. The number of hydrogen-bond donors (Lipinski definition) is 1. The van der Waals surface area contributed by atoms with Crippen LogP contribution in [0.5, 0.6) is 0 Å². The number of rotatable bonds is 4. The molecule has 1 fully saturated rings. The van der Waals surface area contributed by atoms with E-state index in [1.165, 1.54) is 32.1 Å². The Balaban J connectivity index is 1.79. The van der Waals surface area contributed by atoms with Gasteiger partial charge in [-0.2, -0.15) is 0 Å². The van der Waals surface area contributed by atoms with Gasteiger partial charge in [0.15, 0.2) is 0 Å². The zero-order valence-electron chi connectivity index (χ0n) is 9.45. The van der Waals surface area contributed by atoms with Gasteiger partial charge >= 0.3 is 0 Å². The average molecular weight is 204 g/mol. The minimum Gasteiger partial charge on any atom is -0.368 e. The summed E-state index contributed by atoms with van der Waals surface area (Å²) in [5, 5.41) is 3.46. The maximum atomic E-state index is 4.28. The molecule has 1 saturated carbocycles. The molecule has 2 heteroatoms. The first-order valence-corrected chi connectivity index (χ1v) is 6.02. The van der Waals surface area contributed by atoms with Gasteiger partial charge in [-0.3, -0.25) is 0 Å². The van der Waals surface area contributed by atoms with Crippen LogP contribution in [0.3, 0.4) is 0 Å². The maximum Gasteiger partial charge on any atom is 0.126 e. The quantitative estimate of drug-likeness (QED) is 0.812.